The molecule has 0 saturated heterocycles. The highest BCUT2D eigenvalue weighted by Crippen LogP contribution is 2.33. The monoisotopic (exact) mass is 291 g/mol. The van der Waals surface area contributed by atoms with Crippen LogP contribution in [0.15, 0.2) is 18.2 Å². The molecule has 2 unspecified atom stereocenters. The number of ether oxygens (including phenoxy) is 2. The summed E-state index contributed by atoms with van der Waals surface area (Å²) in [6, 6.07) is 6.57. The number of esters is 1. The van der Waals surface area contributed by atoms with Crippen molar-refractivity contribution in [2.75, 3.05) is 13.2 Å². The molecule has 21 heavy (non-hydrogen) atoms. The first-order chi connectivity index (χ1) is 10.2. The van der Waals surface area contributed by atoms with E-state index in [1.54, 1.807) is 13.8 Å². The number of benzene rings is 1. The highest BCUT2D eigenvalue weighted by atomic mass is 16.6. The molecule has 0 spiro atoms. The molecular formula is C17H25NO3. The summed E-state index contributed by atoms with van der Waals surface area (Å²) in [5.41, 5.74) is 2.68. The Balaban J connectivity index is 2.00. The molecule has 1 aromatic carbocycles. The predicted molar refractivity (Wildman–Crippen MR) is 82.5 cm³/mol. The summed E-state index contributed by atoms with van der Waals surface area (Å²) in [5.74, 6) is 0.422. The van der Waals surface area contributed by atoms with E-state index in [1.807, 2.05) is 6.07 Å². The first-order valence-corrected chi connectivity index (χ1v) is 7.85. The molecule has 1 N–H and O–H groups in total. The predicted octanol–water partition coefficient (Wildman–Crippen LogP) is 3.00. The summed E-state index contributed by atoms with van der Waals surface area (Å²) in [4.78, 5) is 11.6. The van der Waals surface area contributed by atoms with E-state index in [0.29, 0.717) is 12.6 Å². The largest absolute Gasteiger partial charge is 0.479 e. The van der Waals surface area contributed by atoms with Gasteiger partial charge in [0.25, 0.3) is 0 Å². The van der Waals surface area contributed by atoms with E-state index in [2.05, 4.69) is 24.4 Å². The number of nitrogens with one attached hydrogen (secondary N) is 1. The zero-order valence-corrected chi connectivity index (χ0v) is 13.1. The average molecular weight is 291 g/mol. The van der Waals surface area contributed by atoms with Crippen LogP contribution in [0.1, 0.15) is 50.8 Å². The van der Waals surface area contributed by atoms with Gasteiger partial charge < -0.3 is 14.8 Å². The van der Waals surface area contributed by atoms with Crippen molar-refractivity contribution in [2.24, 2.45) is 0 Å². The Morgan fingerprint density at radius 1 is 1.43 bits per heavy atom. The summed E-state index contributed by atoms with van der Waals surface area (Å²) in [6.45, 7) is 7.11. The standard InChI is InChI=1S/C17H25NO3/c1-4-10-18-16-9-6-13-11-14(7-8-15(13)16)21-12(3)17(19)20-5-2/h7-8,11-12,16,18H,4-6,9-10H2,1-3H3. The molecule has 1 aliphatic rings. The lowest BCUT2D eigenvalue weighted by atomic mass is 10.1. The van der Waals surface area contributed by atoms with E-state index in [1.165, 1.54) is 11.1 Å². The summed E-state index contributed by atoms with van der Waals surface area (Å²) < 4.78 is 10.6. The lowest BCUT2D eigenvalue weighted by molar-refractivity contribution is -0.150. The Kier molecular flexibility index (Phi) is 5.62. The number of hydrogen-bond donors (Lipinski definition) is 1. The van der Waals surface area contributed by atoms with E-state index in [4.69, 9.17) is 9.47 Å². The molecular weight excluding hydrogens is 266 g/mol. The number of rotatable bonds is 7. The van der Waals surface area contributed by atoms with Gasteiger partial charge in [-0.3, -0.25) is 0 Å². The van der Waals surface area contributed by atoms with Crippen LogP contribution in [0, 0.1) is 0 Å². The van der Waals surface area contributed by atoms with Gasteiger partial charge in [0.05, 0.1) is 6.61 Å². The van der Waals surface area contributed by atoms with Crippen LogP contribution in [0.3, 0.4) is 0 Å². The molecule has 0 aliphatic heterocycles. The maximum Gasteiger partial charge on any atom is 0.347 e. The lowest BCUT2D eigenvalue weighted by Crippen LogP contribution is -2.26. The molecule has 116 valence electrons. The molecule has 4 heteroatoms. The highest BCUT2D eigenvalue weighted by molar-refractivity contribution is 5.74. The Bertz CT molecular complexity index is 487. The van der Waals surface area contributed by atoms with Gasteiger partial charge in [-0.15, -0.1) is 0 Å². The van der Waals surface area contributed by atoms with Crippen LogP contribution in [0.5, 0.6) is 5.75 Å². The average Bonchev–Trinajstić information content (AvgIpc) is 2.87. The molecule has 0 aromatic heterocycles. The van der Waals surface area contributed by atoms with Gasteiger partial charge >= 0.3 is 5.97 Å². The Labute approximate surface area is 126 Å². The molecule has 1 aromatic rings. The van der Waals surface area contributed by atoms with Crippen LogP contribution in [0.2, 0.25) is 0 Å². The molecule has 2 rings (SSSR count). The van der Waals surface area contributed by atoms with Gasteiger partial charge in [0.15, 0.2) is 6.10 Å². The zero-order valence-electron chi connectivity index (χ0n) is 13.1. The van der Waals surface area contributed by atoms with Gasteiger partial charge in [-0.1, -0.05) is 13.0 Å². The zero-order chi connectivity index (χ0) is 15.2. The first-order valence-electron chi connectivity index (χ1n) is 7.85. The summed E-state index contributed by atoms with van der Waals surface area (Å²) in [5, 5.41) is 3.57. The van der Waals surface area contributed by atoms with Crippen LogP contribution < -0.4 is 10.1 Å². The van der Waals surface area contributed by atoms with Gasteiger partial charge in [0.2, 0.25) is 0 Å². The molecule has 4 nitrogen and oxygen atoms in total. The van der Waals surface area contributed by atoms with Crippen molar-refractivity contribution < 1.29 is 14.3 Å². The third-order valence-corrected chi connectivity index (χ3v) is 3.76. The minimum atomic E-state index is -0.571. The van der Waals surface area contributed by atoms with Crippen LogP contribution in [-0.2, 0) is 16.0 Å². The fourth-order valence-corrected chi connectivity index (χ4v) is 2.71. The maximum absolute atomic E-state index is 11.6. The van der Waals surface area contributed by atoms with Gasteiger partial charge in [0.1, 0.15) is 5.75 Å². The number of carbonyl (C=O) groups excluding carboxylic acids is 1. The smallest absolute Gasteiger partial charge is 0.347 e. The highest BCUT2D eigenvalue weighted by Gasteiger charge is 2.23. The first kappa shape index (κ1) is 15.8. The molecule has 0 saturated carbocycles. The molecule has 1 aliphatic carbocycles. The second-order valence-electron chi connectivity index (χ2n) is 5.42. The van der Waals surface area contributed by atoms with Gasteiger partial charge in [-0.25, -0.2) is 4.79 Å². The number of aryl methyl sites for hydroxylation is 1. The summed E-state index contributed by atoms with van der Waals surface area (Å²) >= 11 is 0. The number of fused-ring (bicyclic) bond motifs is 1. The molecule has 2 atom stereocenters. The Morgan fingerprint density at radius 3 is 2.95 bits per heavy atom. The third-order valence-electron chi connectivity index (χ3n) is 3.76. The number of carbonyl (C=O) groups is 1. The maximum atomic E-state index is 11.6. The Morgan fingerprint density at radius 2 is 2.24 bits per heavy atom. The van der Waals surface area contributed by atoms with Crippen molar-refractivity contribution in [3.63, 3.8) is 0 Å². The van der Waals surface area contributed by atoms with Crippen LogP contribution in [0.25, 0.3) is 0 Å². The summed E-state index contributed by atoms with van der Waals surface area (Å²) in [7, 11) is 0. The van der Waals surface area contributed by atoms with Crippen molar-refractivity contribution in [3.8, 4) is 5.75 Å². The quantitative estimate of drug-likeness (QED) is 0.785. The van der Waals surface area contributed by atoms with Crippen LogP contribution in [-0.4, -0.2) is 25.2 Å². The second kappa shape index (κ2) is 7.46. The fraction of sp³-hybridized carbons (Fsp3) is 0.588. The second-order valence-corrected chi connectivity index (χ2v) is 5.42. The number of hydrogen-bond acceptors (Lipinski definition) is 4. The molecule has 0 amide bonds. The molecule has 0 fully saturated rings. The fourth-order valence-electron chi connectivity index (χ4n) is 2.71. The molecule has 0 bridgehead atoms. The molecule has 0 radical (unpaired) electrons. The minimum absolute atomic E-state index is 0.319. The van der Waals surface area contributed by atoms with Crippen LogP contribution >= 0.6 is 0 Å². The lowest BCUT2D eigenvalue weighted by Gasteiger charge is -2.16. The summed E-state index contributed by atoms with van der Waals surface area (Å²) in [6.07, 6.45) is 2.76. The van der Waals surface area contributed by atoms with Crippen LogP contribution in [0.4, 0.5) is 0 Å². The van der Waals surface area contributed by atoms with E-state index < -0.39 is 6.10 Å². The van der Waals surface area contributed by atoms with E-state index in [-0.39, 0.29) is 5.97 Å². The van der Waals surface area contributed by atoms with Crippen molar-refractivity contribution in [1.82, 2.24) is 5.32 Å². The molecule has 0 heterocycles. The SMILES string of the molecule is CCCNC1CCc2cc(OC(C)C(=O)OCC)ccc21. The van der Waals surface area contributed by atoms with Crippen molar-refractivity contribution >= 4 is 5.97 Å². The van der Waals surface area contributed by atoms with E-state index >= 15 is 0 Å². The third kappa shape index (κ3) is 3.97. The van der Waals surface area contributed by atoms with Gasteiger partial charge in [0, 0.05) is 6.04 Å². The normalized spacial score (nSPS) is 18.1. The van der Waals surface area contributed by atoms with Gasteiger partial charge in [-0.2, -0.15) is 0 Å². The minimum Gasteiger partial charge on any atom is -0.479 e. The Hall–Kier alpha value is -1.55. The van der Waals surface area contributed by atoms with E-state index in [0.717, 1.165) is 31.6 Å². The van der Waals surface area contributed by atoms with E-state index in [9.17, 15) is 4.79 Å². The van der Waals surface area contributed by atoms with Crippen molar-refractivity contribution in [3.05, 3.63) is 29.3 Å². The van der Waals surface area contributed by atoms with Crippen molar-refractivity contribution in [2.45, 2.75) is 52.2 Å². The van der Waals surface area contributed by atoms with Gasteiger partial charge in [-0.05, 0) is 62.9 Å². The van der Waals surface area contributed by atoms with Crippen molar-refractivity contribution in [1.29, 1.82) is 0 Å². The topological polar surface area (TPSA) is 47.6 Å².